The van der Waals surface area contributed by atoms with Gasteiger partial charge in [0.15, 0.2) is 0 Å². The maximum atomic E-state index is 11.7. The summed E-state index contributed by atoms with van der Waals surface area (Å²) in [4.78, 5) is 22.4. The van der Waals surface area contributed by atoms with Crippen LogP contribution in [0, 0.1) is 0 Å². The maximum absolute atomic E-state index is 11.7. The molecule has 6 nitrogen and oxygen atoms in total. The number of carboxylic acid groups (broad SMARTS) is 1. The van der Waals surface area contributed by atoms with Gasteiger partial charge in [0.1, 0.15) is 6.10 Å². The van der Waals surface area contributed by atoms with Gasteiger partial charge in [-0.25, -0.2) is 9.68 Å². The zero-order chi connectivity index (χ0) is 25.5. The quantitative estimate of drug-likeness (QED) is 0.0400. The van der Waals surface area contributed by atoms with E-state index < -0.39 is 20.0 Å². The number of hydrogen-bond acceptors (Lipinski definition) is 6. The molecule has 0 aromatic rings. The van der Waals surface area contributed by atoms with E-state index in [4.69, 9.17) is 14.5 Å². The molecule has 8 heteroatoms. The molecule has 0 aromatic carbocycles. The maximum Gasteiger partial charge on any atom is 0.497 e. The van der Waals surface area contributed by atoms with Crippen LogP contribution in [0.1, 0.15) is 130 Å². The third-order valence-electron chi connectivity index (χ3n) is 5.94. The van der Waals surface area contributed by atoms with Crippen LogP contribution in [-0.4, -0.2) is 40.3 Å². The minimum Gasteiger partial charge on any atom is -0.474 e. The van der Waals surface area contributed by atoms with Crippen molar-refractivity contribution in [2.45, 2.75) is 147 Å². The molecule has 0 aliphatic heterocycles. The fourth-order valence-corrected chi connectivity index (χ4v) is 5.37. The van der Waals surface area contributed by atoms with E-state index in [0.29, 0.717) is 6.42 Å². The second kappa shape index (κ2) is 23.2. The van der Waals surface area contributed by atoms with E-state index in [1.165, 1.54) is 83.5 Å². The molecule has 0 aliphatic rings. The molecule has 0 aliphatic carbocycles. The fourth-order valence-electron chi connectivity index (χ4n) is 3.71. The van der Waals surface area contributed by atoms with Crippen LogP contribution in [0.5, 0.6) is 0 Å². The lowest BCUT2D eigenvalue weighted by Gasteiger charge is -2.25. The number of thioether (sulfide) groups is 1. The van der Waals surface area contributed by atoms with Crippen molar-refractivity contribution < 1.29 is 29.0 Å². The zero-order valence-electron chi connectivity index (χ0n) is 22.3. The lowest BCUT2D eigenvalue weighted by Crippen LogP contribution is -2.41. The Morgan fingerprint density at radius 3 is 1.88 bits per heavy atom. The van der Waals surface area contributed by atoms with Crippen LogP contribution in [0.2, 0.25) is 0 Å². The normalized spacial score (nSPS) is 15.3. The van der Waals surface area contributed by atoms with Gasteiger partial charge in [-0.2, -0.15) is 11.8 Å². The van der Waals surface area contributed by atoms with Crippen LogP contribution in [0.4, 0.5) is 0 Å². The molecule has 4 atom stereocenters. The fraction of sp³-hybridized carbons (Fsp3) is 0.962. The second-order valence-corrected chi connectivity index (χ2v) is 11.4. The summed E-state index contributed by atoms with van der Waals surface area (Å²) in [6.07, 6.45) is 19.1. The van der Waals surface area contributed by atoms with E-state index in [2.05, 4.69) is 13.8 Å². The summed E-state index contributed by atoms with van der Waals surface area (Å²) in [5, 5.41) is 9.70. The van der Waals surface area contributed by atoms with Crippen LogP contribution in [0.3, 0.4) is 0 Å². The molecular weight excluding hydrogens is 471 g/mol. The Bertz CT molecular complexity index is 496. The van der Waals surface area contributed by atoms with E-state index in [1.54, 1.807) is 0 Å². The summed E-state index contributed by atoms with van der Waals surface area (Å²) >= 11 is 1.88. The highest BCUT2D eigenvalue weighted by molar-refractivity contribution is 7.99. The second-order valence-electron chi connectivity index (χ2n) is 9.20. The van der Waals surface area contributed by atoms with E-state index in [1.807, 2.05) is 25.6 Å². The SMILES string of the molecule is CCCCCCCCCCCSC(CCCCCCC)C(C)OOC(OCCC)([PH+]=O)C(=O)O. The van der Waals surface area contributed by atoms with Gasteiger partial charge in [-0.05, 0) is 31.9 Å². The minimum atomic E-state index is -2.25. The molecule has 0 rings (SSSR count). The third-order valence-corrected chi connectivity index (χ3v) is 8.22. The minimum absolute atomic E-state index is 0.132. The van der Waals surface area contributed by atoms with E-state index >= 15 is 0 Å². The predicted molar refractivity (Wildman–Crippen MR) is 144 cm³/mol. The van der Waals surface area contributed by atoms with Crippen LogP contribution in [0.15, 0.2) is 0 Å². The summed E-state index contributed by atoms with van der Waals surface area (Å²) in [5.41, 5.74) is -2.25. The van der Waals surface area contributed by atoms with Crippen molar-refractivity contribution in [1.29, 1.82) is 0 Å². The molecule has 4 unspecified atom stereocenters. The summed E-state index contributed by atoms with van der Waals surface area (Å²) in [7, 11) is -1.32. The van der Waals surface area contributed by atoms with Crippen LogP contribution in [0.25, 0.3) is 0 Å². The van der Waals surface area contributed by atoms with Gasteiger partial charge in [0.05, 0.1) is 6.61 Å². The molecule has 0 spiro atoms. The molecule has 0 aromatic heterocycles. The molecule has 0 heterocycles. The number of carboxylic acids is 1. The molecule has 0 saturated heterocycles. The van der Waals surface area contributed by atoms with Gasteiger partial charge < -0.3 is 5.11 Å². The Balaban J connectivity index is 4.57. The first kappa shape index (κ1) is 33.8. The monoisotopic (exact) mass is 523 g/mol. The highest BCUT2D eigenvalue weighted by Gasteiger charge is 2.54. The van der Waals surface area contributed by atoms with Crippen molar-refractivity contribution in [2.75, 3.05) is 12.4 Å². The number of unbranched alkanes of at least 4 members (excludes halogenated alkanes) is 12. The van der Waals surface area contributed by atoms with Gasteiger partial charge in [0.25, 0.3) is 0 Å². The van der Waals surface area contributed by atoms with Crippen LogP contribution in [-0.2, 0) is 23.9 Å². The van der Waals surface area contributed by atoms with Crippen LogP contribution < -0.4 is 0 Å². The number of ether oxygens (including phenoxy) is 1. The first-order valence-electron chi connectivity index (χ1n) is 13.7. The van der Waals surface area contributed by atoms with Gasteiger partial charge in [0.2, 0.25) is 0 Å². The molecule has 34 heavy (non-hydrogen) atoms. The Kier molecular flexibility index (Phi) is 23.1. The number of rotatable bonds is 26. The molecule has 0 fully saturated rings. The predicted octanol–water partition coefficient (Wildman–Crippen LogP) is 8.51. The Morgan fingerprint density at radius 1 is 0.853 bits per heavy atom. The summed E-state index contributed by atoms with van der Waals surface area (Å²) in [5.74, 6) is -0.372. The topological polar surface area (TPSA) is 82.1 Å². The molecule has 202 valence electrons. The van der Waals surface area contributed by atoms with Crippen LogP contribution >= 0.6 is 20.2 Å². The summed E-state index contributed by atoms with van der Waals surface area (Å²) in [6.45, 7) is 8.35. The number of carbonyl (C=O) groups is 1. The standard InChI is InChI=1S/C26H51O6PS/c1-5-8-10-12-13-14-15-17-19-22-34-24(20-18-16-11-9-6-2)23(4)31-32-26(33-29,25(27)28)30-21-7-3/h23-24H,5-22H2,1-4H3,(H,27,28)/p+1. The van der Waals surface area contributed by atoms with Crippen molar-refractivity contribution >= 4 is 26.2 Å². The molecule has 0 amide bonds. The lowest BCUT2D eigenvalue weighted by atomic mass is 10.1. The number of aliphatic carboxylic acids is 1. The van der Waals surface area contributed by atoms with Crippen molar-refractivity contribution in [2.24, 2.45) is 0 Å². The Labute approximate surface area is 214 Å². The molecule has 0 bridgehead atoms. The highest BCUT2D eigenvalue weighted by atomic mass is 32.2. The molecule has 1 N–H and O–H groups in total. The summed E-state index contributed by atoms with van der Waals surface area (Å²) < 4.78 is 16.9. The average Bonchev–Trinajstić information content (AvgIpc) is 2.83. The lowest BCUT2D eigenvalue weighted by molar-refractivity contribution is -0.402. The molecular formula is C26H52O6PS+. The first-order valence-corrected chi connectivity index (χ1v) is 15.7. The Hall–Kier alpha value is -0.200. The highest BCUT2D eigenvalue weighted by Crippen LogP contribution is 2.31. The van der Waals surface area contributed by atoms with E-state index in [9.17, 15) is 14.5 Å². The molecule has 0 radical (unpaired) electrons. The zero-order valence-corrected chi connectivity index (χ0v) is 24.1. The molecule has 0 saturated carbocycles. The van der Waals surface area contributed by atoms with Gasteiger partial charge in [-0.3, -0.25) is 4.74 Å². The van der Waals surface area contributed by atoms with Gasteiger partial charge >= 0.3 is 20.0 Å². The summed E-state index contributed by atoms with van der Waals surface area (Å²) in [6, 6.07) is 0. The number of hydrogen-bond donors (Lipinski definition) is 1. The average molecular weight is 524 g/mol. The third kappa shape index (κ3) is 16.5. The van der Waals surface area contributed by atoms with Gasteiger partial charge in [-0.1, -0.05) is 109 Å². The Morgan fingerprint density at radius 2 is 1.38 bits per heavy atom. The van der Waals surface area contributed by atoms with Gasteiger partial charge in [0, 0.05) is 5.25 Å². The largest absolute Gasteiger partial charge is 0.497 e. The van der Waals surface area contributed by atoms with Gasteiger partial charge in [-0.15, -0.1) is 4.89 Å². The first-order chi connectivity index (χ1) is 16.5. The van der Waals surface area contributed by atoms with E-state index in [-0.39, 0.29) is 18.0 Å². The smallest absolute Gasteiger partial charge is 0.474 e. The van der Waals surface area contributed by atoms with Crippen molar-refractivity contribution in [3.8, 4) is 0 Å². The van der Waals surface area contributed by atoms with Crippen molar-refractivity contribution in [1.82, 2.24) is 0 Å². The van der Waals surface area contributed by atoms with Crippen molar-refractivity contribution in [3.05, 3.63) is 0 Å². The van der Waals surface area contributed by atoms with Crippen molar-refractivity contribution in [3.63, 3.8) is 0 Å². The van der Waals surface area contributed by atoms with E-state index in [0.717, 1.165) is 18.6 Å².